The molecule has 0 fully saturated rings. The van der Waals surface area contributed by atoms with E-state index in [2.05, 4.69) is 44.1 Å². The first kappa shape index (κ1) is 40.9. The maximum absolute atomic E-state index is 6.66. The van der Waals surface area contributed by atoms with Crippen molar-refractivity contribution in [2.24, 2.45) is 5.92 Å². The summed E-state index contributed by atoms with van der Waals surface area (Å²) in [7, 11) is 7.68. The van der Waals surface area contributed by atoms with Gasteiger partial charge < -0.3 is 61.7 Å². The van der Waals surface area contributed by atoms with Crippen molar-refractivity contribution in [3.63, 3.8) is 0 Å². The highest BCUT2D eigenvalue weighted by Crippen LogP contribution is 2.59. The van der Waals surface area contributed by atoms with Crippen molar-refractivity contribution in [1.82, 2.24) is 4.90 Å². The summed E-state index contributed by atoms with van der Waals surface area (Å²) in [5.41, 5.74) is 2.42. The lowest BCUT2D eigenvalue weighted by atomic mass is 9.57. The molecule has 0 spiro atoms. The van der Waals surface area contributed by atoms with Gasteiger partial charge in [-0.3, -0.25) is 0 Å². The predicted molar refractivity (Wildman–Crippen MR) is 187 cm³/mol. The molecule has 1 aromatic carbocycles. The van der Waals surface area contributed by atoms with Gasteiger partial charge in [0.1, 0.15) is 12.2 Å². The molecular weight excluding hydrogens is 650 g/mol. The van der Waals surface area contributed by atoms with Crippen molar-refractivity contribution in [2.75, 3.05) is 147 Å². The van der Waals surface area contributed by atoms with Gasteiger partial charge in [0, 0.05) is 30.0 Å². The van der Waals surface area contributed by atoms with E-state index in [1.54, 1.807) is 14.2 Å². The summed E-state index contributed by atoms with van der Waals surface area (Å²) in [5.74, 6) is 1.99. The summed E-state index contributed by atoms with van der Waals surface area (Å²) in [6, 6.07) is 4.62. The molecule has 3 aliphatic rings. The molecule has 50 heavy (non-hydrogen) atoms. The molecule has 1 heterocycles. The van der Waals surface area contributed by atoms with Gasteiger partial charge in [0.25, 0.3) is 0 Å². The minimum atomic E-state index is -0.198. The highest BCUT2D eigenvalue weighted by atomic mass is 16.6. The molecular formula is C37H61NO12. The van der Waals surface area contributed by atoms with Gasteiger partial charge in [0.05, 0.1) is 126 Å². The number of methoxy groups -OCH3 is 2. The summed E-state index contributed by atoms with van der Waals surface area (Å²) < 4.78 is 67.8. The number of likely N-dealkylation sites (N-methyl/N-ethyl adjacent to an activating group) is 1. The number of nitrogens with zero attached hydrogens (tertiary/aromatic N) is 1. The minimum Gasteiger partial charge on any atom is -0.493 e. The highest BCUT2D eigenvalue weighted by molar-refractivity contribution is 5.61. The molecule has 0 aromatic heterocycles. The van der Waals surface area contributed by atoms with Crippen LogP contribution in [0.2, 0.25) is 0 Å². The Bertz CT molecular complexity index is 1110. The zero-order chi connectivity index (χ0) is 35.4. The zero-order valence-electron chi connectivity index (χ0n) is 30.9. The van der Waals surface area contributed by atoms with E-state index in [4.69, 9.17) is 56.8 Å². The minimum absolute atomic E-state index is 0.127. The van der Waals surface area contributed by atoms with Crippen LogP contribution < -0.4 is 9.47 Å². The lowest BCUT2D eigenvalue weighted by molar-refractivity contribution is -0.0628. The van der Waals surface area contributed by atoms with E-state index in [9.17, 15) is 0 Å². The molecule has 0 saturated heterocycles. The summed E-state index contributed by atoms with van der Waals surface area (Å²) in [6.45, 7) is 11.7. The molecule has 13 nitrogen and oxygen atoms in total. The normalized spacial score (nSPS) is 23.4. The van der Waals surface area contributed by atoms with E-state index < -0.39 is 0 Å². The lowest BCUT2D eigenvalue weighted by Gasteiger charge is -2.50. The molecule has 0 saturated carbocycles. The Balaban J connectivity index is 0.940. The summed E-state index contributed by atoms with van der Waals surface area (Å²) in [6.07, 6.45) is 5.21. The van der Waals surface area contributed by atoms with Crippen LogP contribution in [0.5, 0.6) is 11.5 Å². The first-order valence-corrected chi connectivity index (χ1v) is 18.0. The fourth-order valence-electron chi connectivity index (χ4n) is 6.88. The maximum atomic E-state index is 6.66. The van der Waals surface area contributed by atoms with E-state index in [1.165, 1.54) is 11.1 Å². The second kappa shape index (κ2) is 22.9. The predicted octanol–water partition coefficient (Wildman–Crippen LogP) is 2.55. The summed E-state index contributed by atoms with van der Waals surface area (Å²) in [5, 5.41) is 0. The monoisotopic (exact) mass is 711 g/mol. The second-order valence-electron chi connectivity index (χ2n) is 12.8. The topological polar surface area (TPSA) is 114 Å². The van der Waals surface area contributed by atoms with Crippen molar-refractivity contribution in [3.8, 4) is 11.5 Å². The Morgan fingerprint density at radius 1 is 0.640 bits per heavy atom. The number of rotatable bonds is 30. The van der Waals surface area contributed by atoms with E-state index in [0.717, 1.165) is 17.9 Å². The smallest absolute Gasteiger partial charge is 0.165 e. The largest absolute Gasteiger partial charge is 0.493 e. The van der Waals surface area contributed by atoms with Crippen molar-refractivity contribution < 1.29 is 56.8 Å². The Hall–Kier alpha value is -1.88. The lowest BCUT2D eigenvalue weighted by Crippen LogP contribution is -2.59. The molecule has 13 heteroatoms. The van der Waals surface area contributed by atoms with Crippen LogP contribution >= 0.6 is 0 Å². The van der Waals surface area contributed by atoms with Crippen molar-refractivity contribution in [1.29, 1.82) is 0 Å². The quantitative estimate of drug-likeness (QED) is 0.0862. The SMILES string of the molecule is COCCOCCOCCOCCOCCOCCOCCOCCOCCO[C@H]1C=CC2[C@H](N(C)C)Cc3ccc(OC)c4c3[C@@]2(C)[C@H]1O4. The molecule has 1 unspecified atom stereocenters. The Morgan fingerprint density at radius 3 is 1.54 bits per heavy atom. The summed E-state index contributed by atoms with van der Waals surface area (Å²) >= 11 is 0. The van der Waals surface area contributed by atoms with Gasteiger partial charge in [-0.2, -0.15) is 0 Å². The van der Waals surface area contributed by atoms with Crippen LogP contribution in [0.25, 0.3) is 0 Å². The Morgan fingerprint density at radius 2 is 1.10 bits per heavy atom. The first-order valence-electron chi connectivity index (χ1n) is 18.0. The van der Waals surface area contributed by atoms with Gasteiger partial charge in [-0.25, -0.2) is 0 Å². The number of ether oxygens (including phenoxy) is 12. The van der Waals surface area contributed by atoms with Gasteiger partial charge >= 0.3 is 0 Å². The molecule has 1 aliphatic heterocycles. The first-order chi connectivity index (χ1) is 24.5. The van der Waals surface area contributed by atoms with Gasteiger partial charge in [0.15, 0.2) is 11.5 Å². The third-order valence-electron chi connectivity index (χ3n) is 9.38. The summed E-state index contributed by atoms with van der Waals surface area (Å²) in [4.78, 5) is 2.34. The molecule has 1 aromatic rings. The van der Waals surface area contributed by atoms with Gasteiger partial charge in [-0.1, -0.05) is 25.1 Å². The molecule has 286 valence electrons. The Labute approximate surface area is 298 Å². The zero-order valence-corrected chi connectivity index (χ0v) is 30.9. The standard InChI is InChI=1S/C37H61NO12/c1-37-30-7-9-33(36(37)50-35-32(40-5)8-6-29(34(35)37)28-31(30)38(2)3)49-27-26-48-25-24-47-23-22-46-21-20-45-19-18-44-17-16-43-15-14-42-13-12-41-11-10-39-4/h6-9,30-31,33,36H,10-28H2,1-5H3/t30?,31-,33+,36+,37+/m1/s1. The van der Waals surface area contributed by atoms with Crippen LogP contribution in [-0.4, -0.2) is 170 Å². The second-order valence-corrected chi connectivity index (χ2v) is 12.8. The van der Waals surface area contributed by atoms with E-state index in [1.807, 2.05) is 6.07 Å². The Kier molecular flexibility index (Phi) is 18.7. The van der Waals surface area contributed by atoms with Crippen LogP contribution in [0.4, 0.5) is 0 Å². The van der Waals surface area contributed by atoms with Gasteiger partial charge in [-0.05, 0) is 32.1 Å². The molecule has 0 amide bonds. The average Bonchev–Trinajstić information content (AvgIpc) is 3.44. The van der Waals surface area contributed by atoms with Crippen LogP contribution in [0.3, 0.4) is 0 Å². The number of benzene rings is 1. The van der Waals surface area contributed by atoms with E-state index >= 15 is 0 Å². The third kappa shape index (κ3) is 11.8. The van der Waals surface area contributed by atoms with Crippen LogP contribution in [-0.2, 0) is 59.2 Å². The molecule has 0 N–H and O–H groups in total. The van der Waals surface area contributed by atoms with Crippen molar-refractivity contribution >= 4 is 0 Å². The van der Waals surface area contributed by atoms with Gasteiger partial charge in [0.2, 0.25) is 0 Å². The van der Waals surface area contributed by atoms with Crippen molar-refractivity contribution in [3.05, 3.63) is 35.4 Å². The van der Waals surface area contributed by atoms with Crippen LogP contribution in [0.1, 0.15) is 18.1 Å². The molecule has 0 radical (unpaired) electrons. The highest BCUT2D eigenvalue weighted by Gasteiger charge is 2.60. The maximum Gasteiger partial charge on any atom is 0.165 e. The fraction of sp³-hybridized carbons (Fsp3) is 0.784. The number of hydrogen-bond acceptors (Lipinski definition) is 13. The van der Waals surface area contributed by atoms with E-state index in [0.29, 0.717) is 131 Å². The third-order valence-corrected chi connectivity index (χ3v) is 9.38. The molecule has 5 atom stereocenters. The number of hydrogen-bond donors (Lipinski definition) is 0. The molecule has 4 rings (SSSR count). The molecule has 0 bridgehead atoms. The fourth-order valence-corrected chi connectivity index (χ4v) is 6.88. The van der Waals surface area contributed by atoms with E-state index in [-0.39, 0.29) is 17.6 Å². The molecule has 2 aliphatic carbocycles. The van der Waals surface area contributed by atoms with Gasteiger partial charge in [-0.15, -0.1) is 0 Å². The van der Waals surface area contributed by atoms with Crippen molar-refractivity contribution in [2.45, 2.75) is 37.0 Å². The van der Waals surface area contributed by atoms with Crippen LogP contribution in [0, 0.1) is 5.92 Å². The van der Waals surface area contributed by atoms with Crippen LogP contribution in [0.15, 0.2) is 24.3 Å². The average molecular weight is 712 g/mol.